The van der Waals surface area contributed by atoms with Gasteiger partial charge in [-0.1, -0.05) is 0 Å². The van der Waals surface area contributed by atoms with Gasteiger partial charge in [0.1, 0.15) is 5.76 Å². The minimum Gasteiger partial charge on any atom is -0.510 e. The smallest absolute Gasteiger partial charge is 0.226 e. The van der Waals surface area contributed by atoms with Crippen LogP contribution in [-0.4, -0.2) is 27.8 Å². The molecule has 0 aromatic carbocycles. The second kappa shape index (κ2) is 1.92. The summed E-state index contributed by atoms with van der Waals surface area (Å²) in [6.45, 7) is 0.413. The highest BCUT2D eigenvalue weighted by Crippen LogP contribution is 2.34. The van der Waals surface area contributed by atoms with Crippen LogP contribution >= 0.6 is 11.8 Å². The van der Waals surface area contributed by atoms with Crippen molar-refractivity contribution < 1.29 is 9.90 Å². The number of thioether (sulfide) groups is 1. The number of fused-ring (bicyclic) bond motifs is 1. The molecule has 0 spiro atoms. The van der Waals surface area contributed by atoms with Crippen LogP contribution in [0.25, 0.3) is 0 Å². The van der Waals surface area contributed by atoms with Crippen LogP contribution in [0.5, 0.6) is 0 Å². The van der Waals surface area contributed by atoms with Gasteiger partial charge >= 0.3 is 0 Å². The summed E-state index contributed by atoms with van der Waals surface area (Å²) in [5.74, 6) is 0.450. The summed E-state index contributed by atoms with van der Waals surface area (Å²) in [5.41, 5.74) is 0. The predicted octanol–water partition coefficient (Wildman–Crippen LogP) is 0.691. The molecule has 2 rings (SSSR count). The summed E-state index contributed by atoms with van der Waals surface area (Å²) in [7, 11) is 0. The van der Waals surface area contributed by atoms with E-state index in [0.29, 0.717) is 24.1 Å². The van der Waals surface area contributed by atoms with E-state index in [1.54, 1.807) is 10.3 Å². The van der Waals surface area contributed by atoms with Crippen molar-refractivity contribution in [3.8, 4) is 0 Å². The number of aliphatic hydroxyl groups excluding tert-OH is 1. The molecule has 1 unspecified atom stereocenters. The fraction of sp³-hybridized carbons (Fsp3) is 0.500. The Kier molecular flexibility index (Phi) is 1.17. The Morgan fingerprint density at radius 1 is 1.80 bits per heavy atom. The highest BCUT2D eigenvalue weighted by Gasteiger charge is 2.38. The summed E-state index contributed by atoms with van der Waals surface area (Å²) in [6.07, 6.45) is 0.633. The Balaban J connectivity index is 2.13. The van der Waals surface area contributed by atoms with Crippen LogP contribution in [0.1, 0.15) is 6.42 Å². The number of amides is 1. The van der Waals surface area contributed by atoms with Gasteiger partial charge < -0.3 is 10.0 Å². The number of aliphatic hydroxyl groups is 1. The van der Waals surface area contributed by atoms with E-state index < -0.39 is 0 Å². The molecule has 2 aliphatic rings. The van der Waals surface area contributed by atoms with E-state index >= 15 is 0 Å². The molecule has 1 amide bonds. The Hall–Kier alpha value is -0.640. The van der Waals surface area contributed by atoms with E-state index in [2.05, 4.69) is 0 Å². The molecule has 1 atom stereocenters. The minimum atomic E-state index is 0.150. The Labute approximate surface area is 62.7 Å². The van der Waals surface area contributed by atoms with Crippen LogP contribution < -0.4 is 0 Å². The number of nitrogens with zero attached hydrogens (tertiary/aromatic N) is 1. The molecule has 2 aliphatic heterocycles. The maximum atomic E-state index is 10.8. The molecule has 0 saturated carbocycles. The largest absolute Gasteiger partial charge is 0.510 e. The van der Waals surface area contributed by atoms with Gasteiger partial charge in [0.2, 0.25) is 5.91 Å². The molecule has 0 bridgehead atoms. The average Bonchev–Trinajstić information content (AvgIpc) is 1.92. The average molecular weight is 157 g/mol. The lowest BCUT2D eigenvalue weighted by molar-refractivity contribution is -0.141. The summed E-state index contributed by atoms with van der Waals surface area (Å²) >= 11 is 1.52. The lowest BCUT2D eigenvalue weighted by Gasteiger charge is -2.41. The number of carbonyl (C=O) groups is 1. The zero-order valence-electron chi connectivity index (χ0n) is 5.28. The number of carbonyl (C=O) groups excluding carboxylic acids is 1. The number of rotatable bonds is 0. The van der Waals surface area contributed by atoms with Crippen molar-refractivity contribution in [2.75, 3.05) is 6.54 Å². The first-order chi connectivity index (χ1) is 4.77. The zero-order valence-corrected chi connectivity index (χ0v) is 6.10. The molecule has 3 nitrogen and oxygen atoms in total. The Bertz CT molecular complexity index is 214. The van der Waals surface area contributed by atoms with Crippen LogP contribution in [0.3, 0.4) is 0 Å². The molecule has 4 heteroatoms. The third-order valence-electron chi connectivity index (χ3n) is 1.71. The number of hydrogen-bond donors (Lipinski definition) is 1. The highest BCUT2D eigenvalue weighted by atomic mass is 32.2. The molecule has 2 heterocycles. The van der Waals surface area contributed by atoms with Crippen molar-refractivity contribution in [2.45, 2.75) is 11.8 Å². The second-order valence-corrected chi connectivity index (χ2v) is 3.48. The highest BCUT2D eigenvalue weighted by molar-refractivity contribution is 8.02. The number of hydrogen-bond acceptors (Lipinski definition) is 3. The molecule has 0 aromatic heterocycles. The zero-order chi connectivity index (χ0) is 7.14. The van der Waals surface area contributed by atoms with Crippen molar-refractivity contribution in [1.29, 1.82) is 0 Å². The van der Waals surface area contributed by atoms with Gasteiger partial charge in [0, 0.05) is 5.41 Å². The lowest BCUT2D eigenvalue weighted by Crippen LogP contribution is -2.52. The van der Waals surface area contributed by atoms with Crippen LogP contribution in [0.4, 0.5) is 0 Å². The van der Waals surface area contributed by atoms with E-state index in [1.807, 2.05) is 0 Å². The minimum absolute atomic E-state index is 0.150. The van der Waals surface area contributed by atoms with Gasteiger partial charge in [0.15, 0.2) is 0 Å². The quantitative estimate of drug-likeness (QED) is 0.526. The normalized spacial score (nSPS) is 30.8. The van der Waals surface area contributed by atoms with E-state index in [1.165, 1.54) is 11.8 Å². The SMILES string of the molecule is O=C1CC2SC=C(O)CN12. The van der Waals surface area contributed by atoms with Crippen LogP contribution in [0, 0.1) is 0 Å². The maximum absolute atomic E-state index is 10.8. The molecule has 1 saturated heterocycles. The molecule has 1 N–H and O–H groups in total. The molecule has 54 valence electrons. The topological polar surface area (TPSA) is 40.5 Å². The Morgan fingerprint density at radius 3 is 3.20 bits per heavy atom. The molecular weight excluding hydrogens is 150 g/mol. The second-order valence-electron chi connectivity index (χ2n) is 2.43. The first kappa shape index (κ1) is 6.09. The van der Waals surface area contributed by atoms with E-state index in [-0.39, 0.29) is 5.91 Å². The van der Waals surface area contributed by atoms with Crippen molar-refractivity contribution >= 4 is 17.7 Å². The molecule has 0 aliphatic carbocycles. The molecule has 10 heavy (non-hydrogen) atoms. The van der Waals surface area contributed by atoms with Gasteiger partial charge in [-0.2, -0.15) is 0 Å². The first-order valence-corrected chi connectivity index (χ1v) is 4.04. The molecule has 0 aromatic rings. The van der Waals surface area contributed by atoms with Gasteiger partial charge in [-0.05, 0) is 0 Å². The van der Waals surface area contributed by atoms with Crippen molar-refractivity contribution in [3.05, 3.63) is 11.2 Å². The van der Waals surface area contributed by atoms with Gasteiger partial charge in [0.25, 0.3) is 0 Å². The maximum Gasteiger partial charge on any atom is 0.226 e. The number of β-lactam (4-membered cyclic amide) rings is 1. The van der Waals surface area contributed by atoms with Crippen molar-refractivity contribution in [2.24, 2.45) is 0 Å². The molecule has 0 radical (unpaired) electrons. The van der Waals surface area contributed by atoms with Gasteiger partial charge in [-0.15, -0.1) is 11.8 Å². The third-order valence-corrected chi connectivity index (χ3v) is 2.85. The fourth-order valence-electron chi connectivity index (χ4n) is 1.11. The molecule has 1 fully saturated rings. The van der Waals surface area contributed by atoms with Gasteiger partial charge in [-0.25, -0.2) is 0 Å². The summed E-state index contributed by atoms with van der Waals surface area (Å²) in [5, 5.41) is 11.0. The summed E-state index contributed by atoms with van der Waals surface area (Å²) < 4.78 is 0. The summed E-state index contributed by atoms with van der Waals surface area (Å²) in [6, 6.07) is 0. The van der Waals surface area contributed by atoms with Crippen LogP contribution in [0.2, 0.25) is 0 Å². The fourth-order valence-corrected chi connectivity index (χ4v) is 2.07. The van der Waals surface area contributed by atoms with E-state index in [0.717, 1.165) is 0 Å². The monoisotopic (exact) mass is 157 g/mol. The summed E-state index contributed by atoms with van der Waals surface area (Å²) in [4.78, 5) is 12.5. The van der Waals surface area contributed by atoms with E-state index in [9.17, 15) is 4.79 Å². The molecular formula is C6H7NO2S. The predicted molar refractivity (Wildman–Crippen MR) is 38.4 cm³/mol. The lowest BCUT2D eigenvalue weighted by atomic mass is 10.2. The first-order valence-electron chi connectivity index (χ1n) is 3.10. The van der Waals surface area contributed by atoms with Gasteiger partial charge in [-0.3, -0.25) is 4.79 Å². The van der Waals surface area contributed by atoms with Crippen molar-refractivity contribution in [1.82, 2.24) is 4.90 Å². The standard InChI is InChI=1S/C6H7NO2S/c8-4-2-7-5(9)1-6(7)10-3-4/h3,6,8H,1-2H2. The Morgan fingerprint density at radius 2 is 2.60 bits per heavy atom. The van der Waals surface area contributed by atoms with Crippen molar-refractivity contribution in [3.63, 3.8) is 0 Å². The van der Waals surface area contributed by atoms with E-state index in [4.69, 9.17) is 5.11 Å². The van der Waals surface area contributed by atoms with Gasteiger partial charge in [0.05, 0.1) is 18.3 Å². The third kappa shape index (κ3) is 0.718. The van der Waals surface area contributed by atoms with Crippen LogP contribution in [0.15, 0.2) is 11.2 Å². The van der Waals surface area contributed by atoms with Crippen LogP contribution in [-0.2, 0) is 4.79 Å².